The average Bonchev–Trinajstić information content (AvgIpc) is 2.70. The Hall–Kier alpha value is -3.77. The first-order valence-corrected chi connectivity index (χ1v) is 9.98. The number of phenols is 1. The van der Waals surface area contributed by atoms with Crippen LogP contribution in [0, 0.1) is 22.0 Å². The number of phenolic OH excluding ortho intramolecular Hbond substituents is 1. The van der Waals surface area contributed by atoms with Crippen LogP contribution >= 0.6 is 0 Å². The van der Waals surface area contributed by atoms with Gasteiger partial charge in [-0.2, -0.15) is 0 Å². The molecule has 0 heterocycles. The van der Waals surface area contributed by atoms with Crippen molar-refractivity contribution in [3.63, 3.8) is 0 Å². The van der Waals surface area contributed by atoms with Crippen LogP contribution in [0.3, 0.4) is 0 Å². The number of carbonyl (C=O) groups is 3. The number of fused-ring (bicyclic) bond motifs is 3. The Balaban J connectivity index is 1.98. The first kappa shape index (κ1) is 22.4. The molecule has 33 heavy (non-hydrogen) atoms. The molecule has 1 aromatic rings. The van der Waals surface area contributed by atoms with E-state index in [0.717, 1.165) is 6.07 Å². The normalized spacial score (nSPS) is 29.0. The largest absolute Gasteiger partial charge is 0.508 e. The van der Waals surface area contributed by atoms with E-state index in [4.69, 9.17) is 5.73 Å². The van der Waals surface area contributed by atoms with E-state index in [2.05, 4.69) is 0 Å². The number of nitro benzene ring substituents is 1. The van der Waals surface area contributed by atoms with Crippen LogP contribution in [0.15, 0.2) is 29.0 Å². The highest BCUT2D eigenvalue weighted by Crippen LogP contribution is 2.53. The molecule has 0 aliphatic heterocycles. The van der Waals surface area contributed by atoms with Crippen LogP contribution in [-0.4, -0.2) is 73.5 Å². The Morgan fingerprint density at radius 2 is 1.88 bits per heavy atom. The lowest BCUT2D eigenvalue weighted by molar-refractivity contribution is -0.385. The van der Waals surface area contributed by atoms with E-state index in [1.807, 2.05) is 0 Å². The Kier molecular flexibility index (Phi) is 4.84. The molecule has 12 nitrogen and oxygen atoms in total. The van der Waals surface area contributed by atoms with Gasteiger partial charge >= 0.3 is 5.69 Å². The Morgan fingerprint density at radius 3 is 2.42 bits per heavy atom. The summed E-state index contributed by atoms with van der Waals surface area (Å²) in [7, 11) is 3.01. The number of rotatable bonds is 3. The zero-order valence-electron chi connectivity index (χ0n) is 17.6. The predicted octanol–water partition coefficient (Wildman–Crippen LogP) is -0.128. The average molecular weight is 459 g/mol. The summed E-state index contributed by atoms with van der Waals surface area (Å²) < 4.78 is 0. The summed E-state index contributed by atoms with van der Waals surface area (Å²) in [5, 5.41) is 54.6. The fourth-order valence-electron chi connectivity index (χ4n) is 5.35. The first-order valence-electron chi connectivity index (χ1n) is 9.98. The van der Waals surface area contributed by atoms with E-state index in [-0.39, 0.29) is 24.0 Å². The molecule has 3 aliphatic rings. The van der Waals surface area contributed by atoms with Gasteiger partial charge in [-0.15, -0.1) is 0 Å². The number of nitrogens with zero attached hydrogens (tertiary/aromatic N) is 2. The molecule has 4 rings (SSSR count). The molecule has 1 fully saturated rings. The molecule has 6 N–H and O–H groups in total. The number of nitrogens with two attached hydrogens (primary N) is 1. The van der Waals surface area contributed by atoms with Gasteiger partial charge in [0.1, 0.15) is 17.1 Å². The minimum Gasteiger partial charge on any atom is -0.508 e. The fraction of sp³-hybridized carbons (Fsp3) is 0.381. The molecule has 0 bridgehead atoms. The lowest BCUT2D eigenvalue weighted by Crippen LogP contribution is -2.65. The van der Waals surface area contributed by atoms with Gasteiger partial charge in [0, 0.05) is 17.6 Å². The minimum atomic E-state index is -2.75. The van der Waals surface area contributed by atoms with Crippen molar-refractivity contribution in [1.82, 2.24) is 4.90 Å². The molecule has 0 radical (unpaired) electrons. The van der Waals surface area contributed by atoms with Gasteiger partial charge in [0.25, 0.3) is 5.91 Å². The van der Waals surface area contributed by atoms with Gasteiger partial charge in [-0.1, -0.05) is 6.07 Å². The predicted molar refractivity (Wildman–Crippen MR) is 111 cm³/mol. The second-order valence-corrected chi connectivity index (χ2v) is 8.69. The highest BCUT2D eigenvalue weighted by molar-refractivity contribution is 6.24. The lowest BCUT2D eigenvalue weighted by atomic mass is 9.57. The van der Waals surface area contributed by atoms with Crippen LogP contribution in [0.4, 0.5) is 5.69 Å². The second-order valence-electron chi connectivity index (χ2n) is 8.69. The maximum atomic E-state index is 13.6. The molecular formula is C21H21N3O9. The summed E-state index contributed by atoms with van der Waals surface area (Å²) in [6.45, 7) is 0. The summed E-state index contributed by atoms with van der Waals surface area (Å²) in [4.78, 5) is 50.2. The van der Waals surface area contributed by atoms with Gasteiger partial charge in [0.2, 0.25) is 11.5 Å². The van der Waals surface area contributed by atoms with Gasteiger partial charge < -0.3 is 26.2 Å². The summed E-state index contributed by atoms with van der Waals surface area (Å²) >= 11 is 0. The topological polar surface area (TPSA) is 205 Å². The summed E-state index contributed by atoms with van der Waals surface area (Å²) in [5.41, 5.74) is 0.559. The van der Waals surface area contributed by atoms with Crippen molar-refractivity contribution in [3.05, 3.63) is 50.3 Å². The van der Waals surface area contributed by atoms with Crippen LogP contribution in [0.1, 0.15) is 17.5 Å². The zero-order valence-corrected chi connectivity index (χ0v) is 17.6. The Labute approximate surface area is 186 Å². The molecule has 1 amide bonds. The summed E-state index contributed by atoms with van der Waals surface area (Å²) in [6, 6.07) is 1.25. The van der Waals surface area contributed by atoms with Gasteiger partial charge in [0.15, 0.2) is 11.4 Å². The number of aliphatic hydroxyl groups is 3. The summed E-state index contributed by atoms with van der Waals surface area (Å²) in [5.74, 6) is -8.05. The number of likely N-dealkylation sites (N-methyl/N-ethyl adjacent to an activating group) is 1. The van der Waals surface area contributed by atoms with E-state index in [0.29, 0.717) is 5.56 Å². The third-order valence-electron chi connectivity index (χ3n) is 6.77. The molecule has 4 atom stereocenters. The Morgan fingerprint density at radius 1 is 1.24 bits per heavy atom. The number of ketones is 2. The minimum absolute atomic E-state index is 0.0521. The number of benzene rings is 1. The molecule has 0 aromatic heterocycles. The second kappa shape index (κ2) is 7.12. The molecule has 0 saturated heterocycles. The number of Topliss-reactive ketones (excluding diaryl/α,β-unsaturated/α-hetero) is 2. The molecule has 3 aliphatic carbocycles. The van der Waals surface area contributed by atoms with Crippen molar-refractivity contribution in [2.75, 3.05) is 14.1 Å². The van der Waals surface area contributed by atoms with Gasteiger partial charge in [0.05, 0.1) is 16.5 Å². The molecule has 174 valence electrons. The number of hydrogen-bond acceptors (Lipinski definition) is 10. The third-order valence-corrected chi connectivity index (χ3v) is 6.77. The van der Waals surface area contributed by atoms with Crippen molar-refractivity contribution in [3.8, 4) is 5.75 Å². The van der Waals surface area contributed by atoms with Crippen molar-refractivity contribution in [2.45, 2.75) is 24.5 Å². The SMILES string of the molecule is CN(C)[C@H]1C(=O)C(C(N)=O)=C(O)[C@]2(O)C(=O)C3=C(O)c4c(ccc([N+](=O)[O-])c4O)C[C@@H]3C[C@H]12. The highest BCUT2D eigenvalue weighted by Gasteiger charge is 2.64. The quantitative estimate of drug-likeness (QED) is 0.230. The first-order chi connectivity index (χ1) is 15.3. The molecule has 0 spiro atoms. The monoisotopic (exact) mass is 459 g/mol. The number of aliphatic hydroxyl groups excluding tert-OH is 2. The Bertz CT molecular complexity index is 1220. The molecule has 12 heteroatoms. The maximum Gasteiger partial charge on any atom is 0.311 e. The lowest BCUT2D eigenvalue weighted by Gasteiger charge is -2.50. The number of primary amides is 1. The molecular weight excluding hydrogens is 438 g/mol. The third kappa shape index (κ3) is 2.80. The molecule has 1 saturated carbocycles. The van der Waals surface area contributed by atoms with Crippen LogP contribution < -0.4 is 5.73 Å². The number of hydrogen-bond donors (Lipinski definition) is 5. The number of amides is 1. The van der Waals surface area contributed by atoms with Crippen LogP contribution in [0.5, 0.6) is 5.75 Å². The van der Waals surface area contributed by atoms with Crippen molar-refractivity contribution >= 4 is 28.9 Å². The van der Waals surface area contributed by atoms with Crippen LogP contribution in [-0.2, 0) is 20.8 Å². The van der Waals surface area contributed by atoms with E-state index >= 15 is 0 Å². The molecule has 1 aromatic carbocycles. The van der Waals surface area contributed by atoms with Gasteiger partial charge in [-0.25, -0.2) is 0 Å². The van der Waals surface area contributed by atoms with Crippen molar-refractivity contribution in [1.29, 1.82) is 0 Å². The number of nitro groups is 1. The van der Waals surface area contributed by atoms with Gasteiger partial charge in [-0.05, 0) is 38.4 Å². The summed E-state index contributed by atoms with van der Waals surface area (Å²) in [6.07, 6.45) is 0.0175. The fourth-order valence-corrected chi connectivity index (χ4v) is 5.35. The van der Waals surface area contributed by atoms with Crippen molar-refractivity contribution < 1.29 is 39.7 Å². The van der Waals surface area contributed by atoms with Crippen LogP contribution in [0.2, 0.25) is 0 Å². The van der Waals surface area contributed by atoms with Gasteiger partial charge in [-0.3, -0.25) is 29.4 Å². The van der Waals surface area contributed by atoms with Crippen molar-refractivity contribution in [2.24, 2.45) is 17.6 Å². The zero-order chi connectivity index (χ0) is 24.6. The maximum absolute atomic E-state index is 13.6. The van der Waals surface area contributed by atoms with Crippen LogP contribution in [0.25, 0.3) is 5.76 Å². The highest BCUT2D eigenvalue weighted by atomic mass is 16.6. The van der Waals surface area contributed by atoms with E-state index in [1.165, 1.54) is 25.1 Å². The van der Waals surface area contributed by atoms with E-state index in [9.17, 15) is 44.9 Å². The number of carbonyl (C=O) groups excluding carboxylic acids is 3. The standard InChI is InChI=1S/C21H21N3O9/c1-23(2)14-9-6-8-5-7-3-4-10(24(32)33)15(25)11(7)16(26)12(8)18(28)21(9,31)19(29)13(17(14)27)20(22)30/h3-4,8-9,14,25-26,29,31H,5-6H2,1-2H3,(H2,22,30)/t8-,9-,14-,21-/m1/s1. The molecule has 0 unspecified atom stereocenters. The van der Waals surface area contributed by atoms with E-state index < -0.39 is 74.4 Å². The smallest absolute Gasteiger partial charge is 0.311 e. The number of aromatic hydroxyl groups is 1. The van der Waals surface area contributed by atoms with E-state index in [1.54, 1.807) is 0 Å².